The van der Waals surface area contributed by atoms with Crippen molar-refractivity contribution in [1.82, 2.24) is 5.32 Å². The molecule has 1 aromatic carbocycles. The minimum absolute atomic E-state index is 0.169. The summed E-state index contributed by atoms with van der Waals surface area (Å²) in [6.45, 7) is 3.20. The van der Waals surface area contributed by atoms with E-state index in [1.165, 1.54) is 5.56 Å². The molecular formula is C16H20BrNO3. The molecule has 0 aliphatic carbocycles. The first-order valence-corrected chi connectivity index (χ1v) is 7.71. The van der Waals surface area contributed by atoms with E-state index in [4.69, 9.17) is 9.15 Å². The van der Waals surface area contributed by atoms with E-state index >= 15 is 0 Å². The number of rotatable bonds is 8. The molecule has 0 fully saturated rings. The number of ether oxygens (including phenoxy) is 1. The monoisotopic (exact) mass is 353 g/mol. The van der Waals surface area contributed by atoms with Crippen LogP contribution in [0.15, 0.2) is 51.6 Å². The van der Waals surface area contributed by atoms with Gasteiger partial charge in [-0.05, 0) is 36.8 Å². The van der Waals surface area contributed by atoms with Crippen LogP contribution in [0.4, 0.5) is 0 Å². The fourth-order valence-corrected chi connectivity index (χ4v) is 2.37. The van der Waals surface area contributed by atoms with Gasteiger partial charge in [0.25, 0.3) is 0 Å². The van der Waals surface area contributed by atoms with Crippen molar-refractivity contribution in [2.45, 2.75) is 25.7 Å². The van der Waals surface area contributed by atoms with Crippen molar-refractivity contribution in [3.8, 4) is 0 Å². The third-order valence-corrected chi connectivity index (χ3v) is 3.64. The van der Waals surface area contributed by atoms with Crippen molar-refractivity contribution in [2.75, 3.05) is 13.2 Å². The molecule has 21 heavy (non-hydrogen) atoms. The van der Waals surface area contributed by atoms with E-state index in [-0.39, 0.29) is 12.6 Å². The van der Waals surface area contributed by atoms with Gasteiger partial charge in [0.2, 0.25) is 0 Å². The maximum atomic E-state index is 9.90. The Morgan fingerprint density at radius 3 is 2.90 bits per heavy atom. The molecule has 0 radical (unpaired) electrons. The number of hydrogen-bond donors (Lipinski definition) is 2. The van der Waals surface area contributed by atoms with E-state index in [1.807, 2.05) is 24.3 Å². The van der Waals surface area contributed by atoms with Crippen LogP contribution in [0, 0.1) is 0 Å². The summed E-state index contributed by atoms with van der Waals surface area (Å²) in [5.41, 5.74) is 1.17. The standard InChI is InChI=1S/C16H20BrNO3/c1-12(13-4-2-5-14(17)8-13)18-9-15(19)10-20-11-16-6-3-7-21-16/h2-8,12,15,18-19H,9-11H2,1H3/t12-,15?/m1/s1. The van der Waals surface area contributed by atoms with Crippen LogP contribution in [0.5, 0.6) is 0 Å². The second kappa shape index (κ2) is 8.34. The molecule has 2 N–H and O–H groups in total. The molecule has 4 nitrogen and oxygen atoms in total. The van der Waals surface area contributed by atoms with Crippen molar-refractivity contribution >= 4 is 15.9 Å². The molecule has 0 amide bonds. The summed E-state index contributed by atoms with van der Waals surface area (Å²) in [5.74, 6) is 0.762. The van der Waals surface area contributed by atoms with Gasteiger partial charge in [0.15, 0.2) is 0 Å². The summed E-state index contributed by atoms with van der Waals surface area (Å²) < 4.78 is 11.6. The number of furan rings is 1. The number of hydrogen-bond acceptors (Lipinski definition) is 4. The molecule has 0 bridgehead atoms. The highest BCUT2D eigenvalue weighted by atomic mass is 79.9. The summed E-state index contributed by atoms with van der Waals surface area (Å²) in [4.78, 5) is 0. The van der Waals surface area contributed by atoms with Gasteiger partial charge < -0.3 is 19.6 Å². The highest BCUT2D eigenvalue weighted by Crippen LogP contribution is 2.17. The maximum absolute atomic E-state index is 9.90. The third kappa shape index (κ3) is 5.63. The molecule has 1 aromatic heterocycles. The molecule has 2 rings (SSSR count). The van der Waals surface area contributed by atoms with E-state index in [0.29, 0.717) is 13.2 Å². The lowest BCUT2D eigenvalue weighted by Gasteiger charge is -2.17. The molecule has 0 spiro atoms. The van der Waals surface area contributed by atoms with Crippen LogP contribution in [0.3, 0.4) is 0 Å². The maximum Gasteiger partial charge on any atom is 0.129 e. The lowest BCUT2D eigenvalue weighted by molar-refractivity contribution is 0.0217. The molecule has 0 aliphatic rings. The predicted molar refractivity (Wildman–Crippen MR) is 84.9 cm³/mol. The molecule has 0 saturated carbocycles. The average molecular weight is 354 g/mol. The van der Waals surface area contributed by atoms with Gasteiger partial charge in [-0.15, -0.1) is 0 Å². The van der Waals surface area contributed by atoms with Crippen molar-refractivity contribution < 1.29 is 14.3 Å². The first kappa shape index (κ1) is 16.2. The Bertz CT molecular complexity index is 530. The van der Waals surface area contributed by atoms with Gasteiger partial charge >= 0.3 is 0 Å². The molecular weight excluding hydrogens is 334 g/mol. The summed E-state index contributed by atoms with van der Waals surface area (Å²) in [5, 5.41) is 13.2. The van der Waals surface area contributed by atoms with Crippen LogP contribution in [0.2, 0.25) is 0 Å². The average Bonchev–Trinajstić information content (AvgIpc) is 2.98. The van der Waals surface area contributed by atoms with Crippen LogP contribution in [-0.4, -0.2) is 24.4 Å². The number of aliphatic hydroxyl groups is 1. The lowest BCUT2D eigenvalue weighted by Crippen LogP contribution is -2.32. The Morgan fingerprint density at radius 1 is 1.33 bits per heavy atom. The Kier molecular flexibility index (Phi) is 6.45. The van der Waals surface area contributed by atoms with Crippen LogP contribution in [-0.2, 0) is 11.3 Å². The summed E-state index contributed by atoms with van der Waals surface area (Å²) >= 11 is 3.46. The topological polar surface area (TPSA) is 54.6 Å². The van der Waals surface area contributed by atoms with E-state index < -0.39 is 6.10 Å². The molecule has 2 atom stereocenters. The van der Waals surface area contributed by atoms with Crippen LogP contribution >= 0.6 is 15.9 Å². The van der Waals surface area contributed by atoms with E-state index in [1.54, 1.807) is 6.26 Å². The summed E-state index contributed by atoms with van der Waals surface area (Å²) in [6, 6.07) is 12.0. The predicted octanol–water partition coefficient (Wildman–Crippen LogP) is 3.27. The summed E-state index contributed by atoms with van der Waals surface area (Å²) in [7, 11) is 0. The number of nitrogens with one attached hydrogen (secondary N) is 1. The normalized spacial score (nSPS) is 14.0. The number of halogens is 1. The molecule has 0 aliphatic heterocycles. The van der Waals surface area contributed by atoms with Gasteiger partial charge in [0.05, 0.1) is 19.0 Å². The van der Waals surface area contributed by atoms with E-state index in [9.17, 15) is 5.11 Å². The van der Waals surface area contributed by atoms with Gasteiger partial charge in [0.1, 0.15) is 12.4 Å². The van der Waals surface area contributed by atoms with Gasteiger partial charge in [-0.2, -0.15) is 0 Å². The molecule has 1 heterocycles. The second-order valence-electron chi connectivity index (χ2n) is 4.93. The van der Waals surface area contributed by atoms with Gasteiger partial charge in [-0.1, -0.05) is 28.1 Å². The van der Waals surface area contributed by atoms with Gasteiger partial charge in [-0.3, -0.25) is 0 Å². The van der Waals surface area contributed by atoms with Crippen molar-refractivity contribution in [3.63, 3.8) is 0 Å². The van der Waals surface area contributed by atoms with Crippen molar-refractivity contribution in [1.29, 1.82) is 0 Å². The molecule has 2 aromatic rings. The van der Waals surface area contributed by atoms with Crippen LogP contribution < -0.4 is 5.32 Å². The minimum atomic E-state index is -0.547. The highest BCUT2D eigenvalue weighted by molar-refractivity contribution is 9.10. The fraction of sp³-hybridized carbons (Fsp3) is 0.375. The molecule has 5 heteroatoms. The highest BCUT2D eigenvalue weighted by Gasteiger charge is 2.09. The molecule has 1 unspecified atom stereocenters. The molecule has 0 saturated heterocycles. The largest absolute Gasteiger partial charge is 0.467 e. The van der Waals surface area contributed by atoms with Crippen LogP contribution in [0.25, 0.3) is 0 Å². The zero-order chi connectivity index (χ0) is 15.1. The zero-order valence-electron chi connectivity index (χ0n) is 12.0. The SMILES string of the molecule is C[C@@H](NCC(O)COCc1ccco1)c1cccc(Br)c1. The van der Waals surface area contributed by atoms with E-state index in [0.717, 1.165) is 10.2 Å². The molecule has 114 valence electrons. The van der Waals surface area contributed by atoms with E-state index in [2.05, 4.69) is 40.3 Å². The quantitative estimate of drug-likeness (QED) is 0.764. The smallest absolute Gasteiger partial charge is 0.129 e. The van der Waals surface area contributed by atoms with Crippen molar-refractivity contribution in [2.24, 2.45) is 0 Å². The van der Waals surface area contributed by atoms with Gasteiger partial charge in [0, 0.05) is 17.1 Å². The van der Waals surface area contributed by atoms with Crippen molar-refractivity contribution in [3.05, 3.63) is 58.5 Å². The fourth-order valence-electron chi connectivity index (χ4n) is 1.96. The van der Waals surface area contributed by atoms with Gasteiger partial charge in [-0.25, -0.2) is 0 Å². The Labute approximate surface area is 133 Å². The lowest BCUT2D eigenvalue weighted by atomic mass is 10.1. The zero-order valence-corrected chi connectivity index (χ0v) is 13.5. The Morgan fingerprint density at radius 2 is 2.19 bits per heavy atom. The second-order valence-corrected chi connectivity index (χ2v) is 5.85. The minimum Gasteiger partial charge on any atom is -0.467 e. The van der Waals surface area contributed by atoms with Crippen LogP contribution in [0.1, 0.15) is 24.3 Å². The first-order valence-electron chi connectivity index (χ1n) is 6.92. The number of benzene rings is 1. The number of aliphatic hydroxyl groups excluding tert-OH is 1. The Balaban J connectivity index is 1.67. The Hall–Kier alpha value is -1.14. The first-order chi connectivity index (χ1) is 10.1. The summed E-state index contributed by atoms with van der Waals surface area (Å²) in [6.07, 6.45) is 1.06. The third-order valence-electron chi connectivity index (χ3n) is 3.14.